The molecule has 8 bridgehead atoms. The minimum atomic E-state index is 0.340. The second-order valence-electron chi connectivity index (χ2n) is 25.9. The highest BCUT2D eigenvalue weighted by Gasteiger charge is 2.40. The number of nitrogens with one attached hydrogen (secondary N) is 2. The number of hydrogen-bond acceptors (Lipinski definition) is 16. The molecule has 90 heavy (non-hydrogen) atoms. The van der Waals surface area contributed by atoms with Crippen molar-refractivity contribution in [3.05, 3.63) is 68.0 Å². The molecular weight excluding hydrogens is 1120 g/mol. The van der Waals surface area contributed by atoms with Crippen molar-refractivity contribution in [1.82, 2.24) is 10.9 Å². The first-order valence-corrected chi connectivity index (χ1v) is 36.8. The van der Waals surface area contributed by atoms with E-state index in [0.29, 0.717) is 125 Å². The first kappa shape index (κ1) is 70.1. The second-order valence-corrected chi connectivity index (χ2v) is 25.9. The van der Waals surface area contributed by atoms with Gasteiger partial charge >= 0.3 is 0 Å². The molecule has 0 aromatic heterocycles. The van der Waals surface area contributed by atoms with Gasteiger partial charge in [-0.2, -0.15) is 15.0 Å². The molecule has 0 unspecified atom stereocenters. The fraction of sp³-hybridized carbons (Fsp3) is 0.730. The Kier molecular flexibility index (Phi) is 31.3. The van der Waals surface area contributed by atoms with E-state index in [2.05, 4.69) is 52.4 Å². The molecule has 16 nitrogen and oxygen atoms in total. The number of ether oxygens (including phenoxy) is 6. The van der Waals surface area contributed by atoms with E-state index in [0.717, 1.165) is 145 Å². The second kappa shape index (κ2) is 40.2. The number of hydrazine groups is 1. The quantitative estimate of drug-likeness (QED) is 0.0565. The Hall–Kier alpha value is -5.80. The topological polar surface area (TPSA) is 178 Å². The van der Waals surface area contributed by atoms with Crippen LogP contribution in [0.15, 0.2) is 108 Å². The van der Waals surface area contributed by atoms with Crippen LogP contribution in [0.25, 0.3) is 0 Å². The summed E-state index contributed by atoms with van der Waals surface area (Å²) in [6, 6.07) is 0. The molecule has 8 aliphatic rings. The summed E-state index contributed by atoms with van der Waals surface area (Å²) in [4.78, 5) is 42.4. The fourth-order valence-corrected chi connectivity index (χ4v) is 12.8. The Labute approximate surface area is 542 Å². The number of rotatable bonds is 48. The lowest BCUT2D eigenvalue weighted by Gasteiger charge is -2.24. The largest absolute Gasteiger partial charge is 0.494 e. The van der Waals surface area contributed by atoms with Gasteiger partial charge in [-0.25, -0.2) is 25.0 Å². The van der Waals surface area contributed by atoms with Crippen molar-refractivity contribution < 1.29 is 28.4 Å². The summed E-state index contributed by atoms with van der Waals surface area (Å²) in [6.07, 6.45) is 45.4. The standard InChI is InChI=1S/C74H116N10O6/c1-7-13-19-25-31-37-43-85-61-49-55-56(50-62(61)86-44-38-32-26-20-14-8-2)68-75-67(55)76-69-57-51-63(87-45-39-33-27-21-15-9-3)65(89-47-41-35-29-23-17-11-5)53-59(57)71(78-69)80-73-82-74(84-83-73)81-72-60-54-66(90-48-42-36-30-24-18-12-6)64(52-58(60)70(77-68)79-72)88-46-40-34-28-22-16-10-4/h7-54H2,1-6H3,(H2,75,76,77,78,79,80,81,82,83,84). The SMILES string of the molecule is CCCCCCCCOC1=C(OCCCCCCCC)CC2=C(C1)C1=NC3=NC(=NC4=NC(=NC5=NC(=NC2=N1)C1=C5CC(OCCCCCCCC)=C(OCCCCCCCC)C1)C1=C4CC(OCCCCCCCC)=C(OCCCCCCCC)C1)NN3. The van der Waals surface area contributed by atoms with Crippen LogP contribution in [0.1, 0.15) is 311 Å². The van der Waals surface area contributed by atoms with Crippen LogP contribution in [0, 0.1) is 0 Å². The minimum Gasteiger partial charge on any atom is -0.494 e. The van der Waals surface area contributed by atoms with Crippen molar-refractivity contribution in [1.29, 1.82) is 0 Å². The third kappa shape index (κ3) is 21.9. The first-order chi connectivity index (χ1) is 44.4. The van der Waals surface area contributed by atoms with Gasteiger partial charge in [-0.15, -0.1) is 0 Å². The highest BCUT2D eigenvalue weighted by molar-refractivity contribution is 6.32. The smallest absolute Gasteiger partial charge is 0.247 e. The lowest BCUT2D eigenvalue weighted by Crippen LogP contribution is -2.32. The molecule has 16 heteroatoms. The monoisotopic (exact) mass is 1240 g/mol. The van der Waals surface area contributed by atoms with Gasteiger partial charge in [0.15, 0.2) is 35.0 Å². The summed E-state index contributed by atoms with van der Waals surface area (Å²) >= 11 is 0. The Bertz CT molecular complexity index is 2780. The van der Waals surface area contributed by atoms with Gasteiger partial charge in [-0.1, -0.05) is 234 Å². The van der Waals surface area contributed by atoms with Crippen LogP contribution in [0.3, 0.4) is 0 Å². The molecule has 2 N–H and O–H groups in total. The number of unbranched alkanes of at least 4 members (excludes halogenated alkanes) is 30. The predicted molar refractivity (Wildman–Crippen MR) is 372 cm³/mol. The molecule has 498 valence electrons. The highest BCUT2D eigenvalue weighted by atomic mass is 16.5. The van der Waals surface area contributed by atoms with E-state index in [1.807, 2.05) is 0 Å². The van der Waals surface area contributed by atoms with Crippen LogP contribution in [-0.4, -0.2) is 86.6 Å². The maximum Gasteiger partial charge on any atom is 0.247 e. The molecule has 0 amide bonds. The van der Waals surface area contributed by atoms with Crippen molar-refractivity contribution in [2.75, 3.05) is 39.6 Å². The Morgan fingerprint density at radius 1 is 0.211 bits per heavy atom. The summed E-state index contributed by atoms with van der Waals surface area (Å²) in [7, 11) is 0. The summed E-state index contributed by atoms with van der Waals surface area (Å²) in [6.45, 7) is 17.4. The maximum atomic E-state index is 6.87. The number of aliphatic imine (C=N–C) groups is 8. The number of fused-ring (bicyclic) bond motifs is 10. The van der Waals surface area contributed by atoms with Gasteiger partial charge in [0, 0.05) is 72.0 Å². The molecule has 3 aliphatic carbocycles. The zero-order chi connectivity index (χ0) is 62.8. The van der Waals surface area contributed by atoms with Crippen LogP contribution in [-0.2, 0) is 28.4 Å². The van der Waals surface area contributed by atoms with Crippen molar-refractivity contribution in [3.63, 3.8) is 0 Å². The molecule has 0 saturated heterocycles. The van der Waals surface area contributed by atoms with Gasteiger partial charge in [0.25, 0.3) is 0 Å². The third-order valence-corrected chi connectivity index (χ3v) is 18.3. The Balaban J connectivity index is 1.16. The Morgan fingerprint density at radius 2 is 0.389 bits per heavy atom. The van der Waals surface area contributed by atoms with E-state index < -0.39 is 0 Å². The van der Waals surface area contributed by atoms with E-state index >= 15 is 0 Å². The number of hydrogen-bond donors (Lipinski definition) is 2. The molecule has 5 heterocycles. The van der Waals surface area contributed by atoms with Gasteiger partial charge in [-0.3, -0.25) is 10.9 Å². The number of amidine groups is 6. The normalized spacial score (nSPS) is 17.7. The molecule has 5 aliphatic heterocycles. The van der Waals surface area contributed by atoms with Crippen LogP contribution in [0.2, 0.25) is 0 Å². The molecule has 0 spiro atoms. The van der Waals surface area contributed by atoms with E-state index in [4.69, 9.17) is 68.4 Å². The summed E-state index contributed by atoms with van der Waals surface area (Å²) in [5, 5.41) is 0. The zero-order valence-electron chi connectivity index (χ0n) is 57.0. The molecule has 8 rings (SSSR count). The van der Waals surface area contributed by atoms with E-state index in [9.17, 15) is 0 Å². The average Bonchev–Trinajstić information content (AvgIpc) is 1.61. The predicted octanol–water partition coefficient (Wildman–Crippen LogP) is 19.4. The lowest BCUT2D eigenvalue weighted by atomic mass is 9.93. The van der Waals surface area contributed by atoms with Gasteiger partial charge < -0.3 is 28.4 Å². The molecule has 0 aromatic rings. The third-order valence-electron chi connectivity index (χ3n) is 18.3. The molecule has 0 fully saturated rings. The average molecular weight is 1240 g/mol. The summed E-state index contributed by atoms with van der Waals surface area (Å²) < 4.78 is 40.9. The Morgan fingerprint density at radius 3 is 0.611 bits per heavy atom. The van der Waals surface area contributed by atoms with Crippen LogP contribution in [0.4, 0.5) is 0 Å². The molecule has 0 saturated carbocycles. The minimum absolute atomic E-state index is 0.340. The van der Waals surface area contributed by atoms with Crippen LogP contribution in [0.5, 0.6) is 0 Å². The fourth-order valence-electron chi connectivity index (χ4n) is 12.8. The van der Waals surface area contributed by atoms with Gasteiger partial charge in [0.2, 0.25) is 11.9 Å². The number of allylic oxidation sites excluding steroid dienone is 6. The maximum absolute atomic E-state index is 6.87. The van der Waals surface area contributed by atoms with Gasteiger partial charge in [-0.05, 0) is 38.5 Å². The van der Waals surface area contributed by atoms with Crippen molar-refractivity contribution >= 4 is 46.9 Å². The first-order valence-electron chi connectivity index (χ1n) is 36.8. The zero-order valence-corrected chi connectivity index (χ0v) is 57.0. The van der Waals surface area contributed by atoms with E-state index in [1.54, 1.807) is 0 Å². The molecule has 0 radical (unpaired) electrons. The van der Waals surface area contributed by atoms with Gasteiger partial charge in [0.1, 0.15) is 34.6 Å². The molecular formula is C74H116N10O6. The van der Waals surface area contributed by atoms with Crippen LogP contribution < -0.4 is 10.9 Å². The highest BCUT2D eigenvalue weighted by Crippen LogP contribution is 2.43. The van der Waals surface area contributed by atoms with Crippen molar-refractivity contribution in [2.45, 2.75) is 311 Å². The molecule has 0 aromatic carbocycles. The van der Waals surface area contributed by atoms with Crippen molar-refractivity contribution in [3.8, 4) is 0 Å². The van der Waals surface area contributed by atoms with E-state index in [-0.39, 0.29) is 0 Å². The van der Waals surface area contributed by atoms with Crippen LogP contribution >= 0.6 is 0 Å². The number of guanidine groups is 2. The van der Waals surface area contributed by atoms with E-state index in [1.165, 1.54) is 154 Å². The summed E-state index contributed by atoms with van der Waals surface area (Å²) in [5.74, 6) is 9.09. The van der Waals surface area contributed by atoms with Gasteiger partial charge in [0.05, 0.1) is 39.6 Å². The molecule has 0 atom stereocenters. The van der Waals surface area contributed by atoms with Crippen molar-refractivity contribution in [2.24, 2.45) is 39.9 Å². The number of nitrogens with zero attached hydrogens (tertiary/aromatic N) is 8. The summed E-state index contributed by atoms with van der Waals surface area (Å²) in [5.41, 5.74) is 12.2. The lowest BCUT2D eigenvalue weighted by molar-refractivity contribution is 0.138.